The van der Waals surface area contributed by atoms with Crippen molar-refractivity contribution in [3.05, 3.63) is 41.6 Å². The molecular formula is C18H22BF2N2O7P. The largest absolute Gasteiger partial charge is 0.530 e. The van der Waals surface area contributed by atoms with Crippen molar-refractivity contribution in [1.82, 2.24) is 10.2 Å². The Bertz CT molecular complexity index is 873. The van der Waals surface area contributed by atoms with Crippen LogP contribution in [-0.2, 0) is 34.5 Å². The normalized spacial score (nSPS) is 24.8. The summed E-state index contributed by atoms with van der Waals surface area (Å²) in [6, 6.07) is 3.71. The number of carbonyl (C=O) groups excluding carboxylic acids is 2. The number of nitrogens with one attached hydrogen (secondary N) is 1. The van der Waals surface area contributed by atoms with Gasteiger partial charge in [-0.2, -0.15) is 4.39 Å². The van der Waals surface area contributed by atoms with Crippen LogP contribution in [0.15, 0.2) is 30.2 Å². The average molecular weight is 458 g/mol. The van der Waals surface area contributed by atoms with Gasteiger partial charge in [-0.3, -0.25) is 23.5 Å². The van der Waals surface area contributed by atoms with E-state index in [-0.39, 0.29) is 19.0 Å². The van der Waals surface area contributed by atoms with Crippen molar-refractivity contribution in [3.63, 3.8) is 0 Å². The van der Waals surface area contributed by atoms with Crippen LogP contribution >= 0.6 is 7.82 Å². The van der Waals surface area contributed by atoms with Gasteiger partial charge in [0.25, 0.3) is 5.91 Å². The molecule has 0 aromatic heterocycles. The highest BCUT2D eigenvalue weighted by atomic mass is 31.2. The molecular weight excluding hydrogens is 436 g/mol. The third-order valence-corrected chi connectivity index (χ3v) is 5.61. The number of benzene rings is 1. The summed E-state index contributed by atoms with van der Waals surface area (Å²) in [4.78, 5) is 23.3. The Morgan fingerprint density at radius 3 is 2.84 bits per heavy atom. The number of halogens is 2. The molecule has 1 N–H and O–H groups in total. The molecule has 0 bridgehead atoms. The minimum absolute atomic E-state index is 0.138. The minimum Gasteiger partial charge on any atom is -0.404 e. The summed E-state index contributed by atoms with van der Waals surface area (Å²) in [6.07, 6.45) is 0.471. The molecule has 2 aliphatic rings. The van der Waals surface area contributed by atoms with Crippen molar-refractivity contribution in [2.24, 2.45) is 0 Å². The smallest absolute Gasteiger partial charge is 0.404 e. The Balaban J connectivity index is 0.00000166. The van der Waals surface area contributed by atoms with E-state index in [1.54, 1.807) is 0 Å². The summed E-state index contributed by atoms with van der Waals surface area (Å²) in [6.45, 7) is 1.19. The zero-order chi connectivity index (χ0) is 23.0. The molecule has 2 amide bonds. The molecule has 1 aromatic rings. The highest BCUT2D eigenvalue weighted by Gasteiger charge is 2.37. The van der Waals surface area contributed by atoms with E-state index in [0.29, 0.717) is 24.8 Å². The molecule has 0 saturated carbocycles. The van der Waals surface area contributed by atoms with Crippen LogP contribution in [0.25, 0.3) is 0 Å². The fourth-order valence-electron chi connectivity index (χ4n) is 2.80. The number of fused-ring (bicyclic) bond motifs is 1. The Kier molecular flexibility index (Phi) is 9.18. The van der Waals surface area contributed by atoms with Crippen LogP contribution in [0.1, 0.15) is 18.4 Å². The van der Waals surface area contributed by atoms with Gasteiger partial charge in [0.05, 0.1) is 33.4 Å². The van der Waals surface area contributed by atoms with Crippen LogP contribution in [0.4, 0.5) is 8.78 Å². The van der Waals surface area contributed by atoms with Crippen LogP contribution in [0.3, 0.4) is 0 Å². The maximum atomic E-state index is 13.6. The topological polar surface area (TPSA) is 103 Å². The van der Waals surface area contributed by atoms with Gasteiger partial charge >= 0.3 is 7.82 Å². The Hall–Kier alpha value is -2.27. The fraction of sp³-hybridized carbons (Fsp3) is 0.444. The molecule has 1 aromatic carbocycles. The first-order valence-corrected chi connectivity index (χ1v) is 10.7. The SMILES string of the molecule is CNC(=O)/C(F)=C\N(C=O)C1CCC(COP2(=O)OCc3cc(F)ccc3O2)O1.[B]C. The molecule has 9 nitrogen and oxygen atoms in total. The number of phosphoric ester groups is 1. The summed E-state index contributed by atoms with van der Waals surface area (Å²) >= 11 is 0. The molecule has 2 radical (unpaired) electrons. The number of carbonyl (C=O) groups is 2. The van der Waals surface area contributed by atoms with E-state index in [2.05, 4.69) is 13.2 Å². The maximum absolute atomic E-state index is 13.6. The number of hydrogen-bond donors (Lipinski definition) is 1. The highest BCUT2D eigenvalue weighted by Crippen LogP contribution is 2.54. The van der Waals surface area contributed by atoms with Gasteiger partial charge in [0.15, 0.2) is 0 Å². The van der Waals surface area contributed by atoms with Crippen LogP contribution in [-0.4, -0.2) is 51.0 Å². The fourth-order valence-corrected chi connectivity index (χ4v) is 4.05. The van der Waals surface area contributed by atoms with Crippen LogP contribution in [0.2, 0.25) is 6.82 Å². The minimum atomic E-state index is -3.91. The number of amides is 2. The molecule has 1 saturated heterocycles. The molecule has 13 heteroatoms. The molecule has 1 fully saturated rings. The lowest BCUT2D eigenvalue weighted by atomic mass is 10.2. The highest BCUT2D eigenvalue weighted by molar-refractivity contribution is 7.49. The molecule has 0 spiro atoms. The van der Waals surface area contributed by atoms with E-state index in [1.165, 1.54) is 32.1 Å². The second-order valence-corrected chi connectivity index (χ2v) is 7.85. The van der Waals surface area contributed by atoms with Gasteiger partial charge in [0.1, 0.15) is 17.8 Å². The van der Waals surface area contributed by atoms with Gasteiger partial charge < -0.3 is 14.6 Å². The Morgan fingerprint density at radius 2 is 2.16 bits per heavy atom. The molecule has 2 heterocycles. The van der Waals surface area contributed by atoms with E-state index >= 15 is 0 Å². The molecule has 3 rings (SSSR count). The van der Waals surface area contributed by atoms with Crippen molar-refractivity contribution in [1.29, 1.82) is 0 Å². The molecule has 3 atom stereocenters. The zero-order valence-corrected chi connectivity index (χ0v) is 17.8. The third-order valence-electron chi connectivity index (χ3n) is 4.28. The molecule has 3 unspecified atom stereocenters. The molecule has 168 valence electrons. The predicted octanol–water partition coefficient (Wildman–Crippen LogP) is 2.58. The van der Waals surface area contributed by atoms with Gasteiger partial charge in [-0.15, -0.1) is 0 Å². The molecule has 2 aliphatic heterocycles. The predicted molar refractivity (Wildman–Crippen MR) is 106 cm³/mol. The van der Waals surface area contributed by atoms with Crippen molar-refractivity contribution in [2.45, 2.75) is 38.6 Å². The summed E-state index contributed by atoms with van der Waals surface area (Å²) in [7, 11) is 1.84. The Morgan fingerprint density at radius 1 is 1.42 bits per heavy atom. The number of likely N-dealkylation sites (N-methyl/N-ethyl adjacent to an activating group) is 1. The third kappa shape index (κ3) is 6.61. The van der Waals surface area contributed by atoms with Gasteiger partial charge in [-0.25, -0.2) is 8.96 Å². The van der Waals surface area contributed by atoms with Crippen molar-refractivity contribution < 1.29 is 41.2 Å². The van der Waals surface area contributed by atoms with Crippen molar-refractivity contribution >= 4 is 28.0 Å². The Labute approximate surface area is 179 Å². The average Bonchev–Trinajstić information content (AvgIpc) is 3.26. The van der Waals surface area contributed by atoms with Gasteiger partial charge in [0.2, 0.25) is 12.2 Å². The number of rotatable bonds is 7. The molecule has 0 aliphatic carbocycles. The lowest BCUT2D eigenvalue weighted by Gasteiger charge is -2.26. The second-order valence-electron chi connectivity index (χ2n) is 6.26. The first kappa shape index (κ1) is 25.0. The van der Waals surface area contributed by atoms with Crippen LogP contribution in [0.5, 0.6) is 5.75 Å². The standard InChI is InChI=1S/C17H19F2N2O7P.CH3B/c1-20-17(23)14(19)7-21(10-22)16-5-3-13(27-16)9-26-29(24)25-8-11-6-12(18)2-4-15(11)28-29;1-2/h2,4,6-7,10,13,16H,3,5,8-9H2,1H3,(H,20,23);1H3/b14-7+;. The van der Waals surface area contributed by atoms with E-state index < -0.39 is 37.7 Å². The van der Waals surface area contributed by atoms with E-state index in [9.17, 15) is 22.9 Å². The van der Waals surface area contributed by atoms with Gasteiger partial charge in [-0.05, 0) is 31.0 Å². The van der Waals surface area contributed by atoms with Gasteiger partial charge in [-0.1, -0.05) is 6.82 Å². The van der Waals surface area contributed by atoms with Crippen LogP contribution < -0.4 is 9.84 Å². The summed E-state index contributed by atoms with van der Waals surface area (Å²) < 4.78 is 60.7. The monoisotopic (exact) mass is 458 g/mol. The van der Waals surface area contributed by atoms with E-state index in [4.69, 9.17) is 18.3 Å². The van der Waals surface area contributed by atoms with Crippen LogP contribution in [0, 0.1) is 5.82 Å². The van der Waals surface area contributed by atoms with Crippen molar-refractivity contribution in [2.75, 3.05) is 13.7 Å². The van der Waals surface area contributed by atoms with Crippen molar-refractivity contribution in [3.8, 4) is 5.75 Å². The number of ether oxygens (including phenoxy) is 1. The summed E-state index contributed by atoms with van der Waals surface area (Å²) in [5.41, 5.74) is 0.406. The lowest BCUT2D eigenvalue weighted by Crippen LogP contribution is -2.32. The second kappa shape index (κ2) is 11.4. The number of hydrogen-bond acceptors (Lipinski definition) is 7. The van der Waals surface area contributed by atoms with E-state index in [1.807, 2.05) is 0 Å². The summed E-state index contributed by atoms with van der Waals surface area (Å²) in [5.74, 6) is -2.39. The molecule has 31 heavy (non-hydrogen) atoms. The first-order chi connectivity index (χ1) is 14.8. The number of phosphoric acid groups is 1. The maximum Gasteiger partial charge on any atom is 0.530 e. The quantitative estimate of drug-likeness (QED) is 0.290. The summed E-state index contributed by atoms with van der Waals surface area (Å²) in [5, 5.41) is 2.10. The number of nitrogens with zero attached hydrogens (tertiary/aromatic N) is 1. The van der Waals surface area contributed by atoms with E-state index in [0.717, 1.165) is 11.1 Å². The lowest BCUT2D eigenvalue weighted by molar-refractivity contribution is -0.127. The zero-order valence-electron chi connectivity index (χ0n) is 17.0. The van der Waals surface area contributed by atoms with Gasteiger partial charge in [0, 0.05) is 12.6 Å². The first-order valence-electron chi connectivity index (χ1n) is 9.26.